The van der Waals surface area contributed by atoms with Crippen molar-refractivity contribution in [2.45, 2.75) is 37.1 Å². The van der Waals surface area contributed by atoms with Crippen LogP contribution in [0.5, 0.6) is 5.75 Å². The summed E-state index contributed by atoms with van der Waals surface area (Å²) in [7, 11) is 0. The Labute approximate surface area is 130 Å². The first-order valence-electron chi connectivity index (χ1n) is 7.29. The van der Waals surface area contributed by atoms with Crippen molar-refractivity contribution < 1.29 is 28.1 Å². The maximum Gasteiger partial charge on any atom is 0.418 e. The SMILES string of the molecule is OC(COc1cnc2c(C(F)(F)F)cccc2c1)C1(O)CCC1. The zero-order valence-electron chi connectivity index (χ0n) is 12.2. The molecular weight excluding hydrogens is 311 g/mol. The highest BCUT2D eigenvalue weighted by Crippen LogP contribution is 2.36. The van der Waals surface area contributed by atoms with Gasteiger partial charge in [0.2, 0.25) is 0 Å². The maximum absolute atomic E-state index is 12.9. The Kier molecular flexibility index (Phi) is 3.93. The molecule has 3 rings (SSSR count). The van der Waals surface area contributed by atoms with Gasteiger partial charge in [-0.1, -0.05) is 12.1 Å². The van der Waals surface area contributed by atoms with Crippen molar-refractivity contribution in [3.63, 3.8) is 0 Å². The van der Waals surface area contributed by atoms with Crippen molar-refractivity contribution in [3.8, 4) is 5.75 Å². The van der Waals surface area contributed by atoms with Crippen LogP contribution in [-0.2, 0) is 6.18 Å². The molecule has 0 amide bonds. The van der Waals surface area contributed by atoms with E-state index in [9.17, 15) is 23.4 Å². The molecule has 1 aliphatic carbocycles. The predicted octanol–water partition coefficient (Wildman–Crippen LogP) is 2.91. The fourth-order valence-corrected chi connectivity index (χ4v) is 2.65. The Morgan fingerprint density at radius 1 is 1.30 bits per heavy atom. The second-order valence-corrected chi connectivity index (χ2v) is 5.83. The molecule has 0 radical (unpaired) electrons. The smallest absolute Gasteiger partial charge is 0.418 e. The fraction of sp³-hybridized carbons (Fsp3) is 0.438. The number of halogens is 3. The minimum absolute atomic E-state index is 0.136. The lowest BCUT2D eigenvalue weighted by atomic mass is 9.76. The quantitative estimate of drug-likeness (QED) is 0.906. The summed E-state index contributed by atoms with van der Waals surface area (Å²) in [6.07, 6.45) is -2.43. The van der Waals surface area contributed by atoms with E-state index in [2.05, 4.69) is 4.98 Å². The zero-order valence-corrected chi connectivity index (χ0v) is 12.2. The van der Waals surface area contributed by atoms with Crippen LogP contribution in [0.15, 0.2) is 30.5 Å². The van der Waals surface area contributed by atoms with Crippen molar-refractivity contribution >= 4 is 10.9 Å². The lowest BCUT2D eigenvalue weighted by Gasteiger charge is -2.40. The Bertz CT molecular complexity index is 713. The number of rotatable bonds is 4. The van der Waals surface area contributed by atoms with Crippen LogP contribution in [-0.4, -0.2) is 33.5 Å². The van der Waals surface area contributed by atoms with E-state index in [-0.39, 0.29) is 17.9 Å². The van der Waals surface area contributed by atoms with Gasteiger partial charge in [-0.25, -0.2) is 0 Å². The van der Waals surface area contributed by atoms with Crippen molar-refractivity contribution in [2.24, 2.45) is 0 Å². The topological polar surface area (TPSA) is 62.6 Å². The number of nitrogens with zero attached hydrogens (tertiary/aromatic N) is 1. The summed E-state index contributed by atoms with van der Waals surface area (Å²) < 4.78 is 44.1. The molecule has 1 heterocycles. The molecule has 2 N–H and O–H groups in total. The number of alkyl halides is 3. The Hall–Kier alpha value is -1.86. The molecule has 1 saturated carbocycles. The van der Waals surface area contributed by atoms with E-state index in [1.54, 1.807) is 0 Å². The molecule has 23 heavy (non-hydrogen) atoms. The summed E-state index contributed by atoms with van der Waals surface area (Å²) >= 11 is 0. The average Bonchev–Trinajstić information content (AvgIpc) is 2.48. The summed E-state index contributed by atoms with van der Waals surface area (Å²) in [5.74, 6) is 0.249. The van der Waals surface area contributed by atoms with Crippen LogP contribution in [0.2, 0.25) is 0 Å². The molecule has 1 atom stereocenters. The van der Waals surface area contributed by atoms with Gasteiger partial charge in [-0.05, 0) is 31.4 Å². The van der Waals surface area contributed by atoms with E-state index in [0.29, 0.717) is 18.2 Å². The first-order chi connectivity index (χ1) is 10.8. The van der Waals surface area contributed by atoms with E-state index in [4.69, 9.17) is 4.74 Å². The second kappa shape index (κ2) is 5.65. The predicted molar refractivity (Wildman–Crippen MR) is 77.0 cm³/mol. The number of hydrogen-bond donors (Lipinski definition) is 2. The third-order valence-corrected chi connectivity index (χ3v) is 4.24. The van der Waals surface area contributed by atoms with Crippen molar-refractivity contribution in [2.75, 3.05) is 6.61 Å². The molecule has 7 heteroatoms. The third kappa shape index (κ3) is 3.11. The summed E-state index contributed by atoms with van der Waals surface area (Å²) in [6, 6.07) is 5.24. The monoisotopic (exact) mass is 327 g/mol. The molecule has 0 bridgehead atoms. The van der Waals surface area contributed by atoms with E-state index in [1.165, 1.54) is 24.4 Å². The minimum Gasteiger partial charge on any atom is -0.489 e. The van der Waals surface area contributed by atoms with Crippen LogP contribution in [0.25, 0.3) is 10.9 Å². The van der Waals surface area contributed by atoms with Gasteiger partial charge in [0.05, 0.1) is 22.9 Å². The van der Waals surface area contributed by atoms with Gasteiger partial charge in [0, 0.05) is 5.39 Å². The first-order valence-corrected chi connectivity index (χ1v) is 7.29. The highest BCUT2D eigenvalue weighted by atomic mass is 19.4. The fourth-order valence-electron chi connectivity index (χ4n) is 2.65. The molecule has 1 aliphatic rings. The summed E-state index contributed by atoms with van der Waals surface area (Å²) in [6.45, 7) is -0.136. The van der Waals surface area contributed by atoms with Gasteiger partial charge in [0.25, 0.3) is 0 Å². The largest absolute Gasteiger partial charge is 0.489 e. The zero-order chi connectivity index (χ0) is 16.7. The highest BCUT2D eigenvalue weighted by Gasteiger charge is 2.41. The van der Waals surface area contributed by atoms with Gasteiger partial charge >= 0.3 is 6.18 Å². The van der Waals surface area contributed by atoms with E-state index >= 15 is 0 Å². The Morgan fingerprint density at radius 3 is 2.65 bits per heavy atom. The van der Waals surface area contributed by atoms with Crippen molar-refractivity contribution in [3.05, 3.63) is 36.0 Å². The van der Waals surface area contributed by atoms with E-state index in [1.807, 2.05) is 0 Å². The highest BCUT2D eigenvalue weighted by molar-refractivity contribution is 5.83. The number of benzene rings is 1. The molecule has 2 aromatic rings. The molecule has 0 spiro atoms. The number of aromatic nitrogens is 1. The third-order valence-electron chi connectivity index (χ3n) is 4.24. The number of aliphatic hydroxyl groups excluding tert-OH is 1. The summed E-state index contributed by atoms with van der Waals surface area (Å²) in [5.41, 5.74) is -2.07. The minimum atomic E-state index is -4.47. The van der Waals surface area contributed by atoms with Gasteiger partial charge in [0.1, 0.15) is 18.5 Å². The average molecular weight is 327 g/mol. The van der Waals surface area contributed by atoms with Gasteiger partial charge in [0.15, 0.2) is 0 Å². The molecule has 1 aromatic heterocycles. The van der Waals surface area contributed by atoms with E-state index < -0.39 is 23.4 Å². The Morgan fingerprint density at radius 2 is 2.04 bits per heavy atom. The number of aliphatic hydroxyl groups is 2. The number of pyridine rings is 1. The maximum atomic E-state index is 12.9. The number of fused-ring (bicyclic) bond motifs is 1. The molecule has 1 aromatic carbocycles. The van der Waals surface area contributed by atoms with Crippen LogP contribution in [0.4, 0.5) is 13.2 Å². The van der Waals surface area contributed by atoms with Crippen molar-refractivity contribution in [1.82, 2.24) is 4.98 Å². The lowest BCUT2D eigenvalue weighted by molar-refractivity contribution is -0.136. The standard InChI is InChI=1S/C16H16F3NO3/c17-16(18,19)12-4-1-3-10-7-11(8-20-14(10)12)23-9-13(21)15(22)5-2-6-15/h1,3-4,7-8,13,21-22H,2,5-6,9H2. The van der Waals surface area contributed by atoms with Crippen LogP contribution in [0, 0.1) is 0 Å². The lowest BCUT2D eigenvalue weighted by Crippen LogP contribution is -2.50. The number of para-hydroxylation sites is 1. The molecule has 4 nitrogen and oxygen atoms in total. The normalized spacial score (nSPS) is 18.5. The Balaban J connectivity index is 1.78. The molecule has 1 unspecified atom stereocenters. The van der Waals surface area contributed by atoms with Crippen LogP contribution >= 0.6 is 0 Å². The van der Waals surface area contributed by atoms with Gasteiger partial charge < -0.3 is 14.9 Å². The molecule has 0 aliphatic heterocycles. The van der Waals surface area contributed by atoms with Gasteiger partial charge in [-0.2, -0.15) is 13.2 Å². The molecular formula is C16H16F3NO3. The van der Waals surface area contributed by atoms with E-state index in [0.717, 1.165) is 12.5 Å². The van der Waals surface area contributed by atoms with Gasteiger partial charge in [-0.3, -0.25) is 4.98 Å². The van der Waals surface area contributed by atoms with Crippen LogP contribution < -0.4 is 4.74 Å². The van der Waals surface area contributed by atoms with Crippen molar-refractivity contribution in [1.29, 1.82) is 0 Å². The molecule has 1 fully saturated rings. The summed E-state index contributed by atoms with van der Waals surface area (Å²) in [4.78, 5) is 3.83. The van der Waals surface area contributed by atoms with Crippen LogP contribution in [0.1, 0.15) is 24.8 Å². The summed E-state index contributed by atoms with van der Waals surface area (Å²) in [5, 5.41) is 20.2. The number of hydrogen-bond acceptors (Lipinski definition) is 4. The second-order valence-electron chi connectivity index (χ2n) is 5.83. The molecule has 0 saturated heterocycles. The molecule has 124 valence electrons. The van der Waals surface area contributed by atoms with Gasteiger partial charge in [-0.15, -0.1) is 0 Å². The number of ether oxygens (including phenoxy) is 1. The van der Waals surface area contributed by atoms with Crippen LogP contribution in [0.3, 0.4) is 0 Å². The first kappa shape index (κ1) is 16.0.